The molecule has 0 saturated carbocycles. The molecule has 1 N–H and O–H groups in total. The van der Waals surface area contributed by atoms with E-state index >= 15 is 0 Å². The van der Waals surface area contributed by atoms with Gasteiger partial charge in [0.25, 0.3) is 0 Å². The topological polar surface area (TPSA) is 48.1 Å². The second-order valence-corrected chi connectivity index (χ2v) is 10.2. The number of amides is 1. The zero-order valence-electron chi connectivity index (χ0n) is 21.1. The Morgan fingerprint density at radius 1 is 0.973 bits per heavy atom. The number of hydrogen-bond donors (Lipinski definition) is 1. The molecule has 5 rings (SSSR count). The van der Waals surface area contributed by atoms with E-state index in [-0.39, 0.29) is 11.9 Å². The van der Waals surface area contributed by atoms with Gasteiger partial charge in [0.1, 0.15) is 0 Å². The summed E-state index contributed by atoms with van der Waals surface area (Å²) in [6.07, 6.45) is -3.16. The molecule has 0 radical (unpaired) electrons. The predicted molar refractivity (Wildman–Crippen MR) is 137 cm³/mol. The Labute approximate surface area is 216 Å². The first-order chi connectivity index (χ1) is 17.9. The fourth-order valence-corrected chi connectivity index (χ4v) is 5.79. The molecule has 3 aliphatic rings. The highest BCUT2D eigenvalue weighted by molar-refractivity contribution is 5.82. The number of carbonyl (C=O) groups is 1. The van der Waals surface area contributed by atoms with Crippen LogP contribution in [0.3, 0.4) is 0 Å². The monoisotopic (exact) mass is 516 g/mol. The van der Waals surface area contributed by atoms with E-state index in [9.17, 15) is 18.0 Å². The van der Waals surface area contributed by atoms with E-state index in [1.54, 1.807) is 6.07 Å². The highest BCUT2D eigenvalue weighted by Gasteiger charge is 2.42. The largest absolute Gasteiger partial charge is 0.416 e. The zero-order chi connectivity index (χ0) is 25.8. The molecule has 200 valence electrons. The Hall–Kier alpha value is -2.62. The molecule has 0 unspecified atom stereocenters. The van der Waals surface area contributed by atoms with E-state index in [2.05, 4.69) is 32.1 Å². The SMILES string of the molecule is O=C(NCCN1CCOCC1)[C@H]1Cc2cc(C(F)(F)F)ccc2N2CCN(CCc3ccccc3)C[C@@H]12. The maximum atomic E-state index is 13.5. The summed E-state index contributed by atoms with van der Waals surface area (Å²) in [6, 6.07) is 14.3. The third kappa shape index (κ3) is 6.27. The molecule has 1 amide bonds. The Morgan fingerprint density at radius 2 is 1.76 bits per heavy atom. The van der Waals surface area contributed by atoms with Gasteiger partial charge in [-0.2, -0.15) is 13.2 Å². The first-order valence-corrected chi connectivity index (χ1v) is 13.2. The number of ether oxygens (including phenoxy) is 1. The normalized spacial score (nSPS) is 22.8. The number of halogens is 3. The molecule has 3 aliphatic heterocycles. The van der Waals surface area contributed by atoms with Crippen molar-refractivity contribution in [2.45, 2.75) is 25.1 Å². The van der Waals surface area contributed by atoms with Crippen molar-refractivity contribution in [3.05, 3.63) is 65.2 Å². The van der Waals surface area contributed by atoms with Gasteiger partial charge in [0.15, 0.2) is 0 Å². The first-order valence-electron chi connectivity index (χ1n) is 13.2. The van der Waals surface area contributed by atoms with E-state index < -0.39 is 17.7 Å². The number of nitrogens with zero attached hydrogens (tertiary/aromatic N) is 3. The van der Waals surface area contributed by atoms with Gasteiger partial charge in [-0.05, 0) is 42.2 Å². The molecule has 2 saturated heterocycles. The summed E-state index contributed by atoms with van der Waals surface area (Å²) < 4.78 is 45.7. The lowest BCUT2D eigenvalue weighted by Crippen LogP contribution is -2.61. The molecule has 6 nitrogen and oxygen atoms in total. The van der Waals surface area contributed by atoms with Crippen molar-refractivity contribution in [2.75, 3.05) is 70.5 Å². The van der Waals surface area contributed by atoms with Gasteiger partial charge in [-0.15, -0.1) is 0 Å². The minimum atomic E-state index is -4.40. The quantitative estimate of drug-likeness (QED) is 0.613. The summed E-state index contributed by atoms with van der Waals surface area (Å²) in [6.45, 7) is 7.47. The molecule has 2 atom stereocenters. The summed E-state index contributed by atoms with van der Waals surface area (Å²) >= 11 is 0. The number of fused-ring (bicyclic) bond motifs is 3. The third-order valence-electron chi connectivity index (χ3n) is 7.85. The van der Waals surface area contributed by atoms with Crippen LogP contribution in [0.25, 0.3) is 0 Å². The summed E-state index contributed by atoms with van der Waals surface area (Å²) in [4.78, 5) is 20.3. The number of carbonyl (C=O) groups excluding carboxylic acids is 1. The maximum Gasteiger partial charge on any atom is 0.416 e. The van der Waals surface area contributed by atoms with E-state index in [0.717, 1.165) is 51.4 Å². The molecular formula is C28H35F3N4O2. The predicted octanol–water partition coefficient (Wildman–Crippen LogP) is 3.06. The van der Waals surface area contributed by atoms with Crippen LogP contribution in [0, 0.1) is 5.92 Å². The van der Waals surface area contributed by atoms with Crippen molar-refractivity contribution in [1.82, 2.24) is 15.1 Å². The van der Waals surface area contributed by atoms with Gasteiger partial charge in [-0.3, -0.25) is 14.6 Å². The molecule has 0 spiro atoms. The van der Waals surface area contributed by atoms with Crippen LogP contribution in [-0.2, 0) is 28.5 Å². The van der Waals surface area contributed by atoms with Gasteiger partial charge in [0, 0.05) is 58.0 Å². The van der Waals surface area contributed by atoms with Crippen LogP contribution >= 0.6 is 0 Å². The number of benzene rings is 2. The smallest absolute Gasteiger partial charge is 0.379 e. The van der Waals surface area contributed by atoms with Gasteiger partial charge in [0.05, 0.1) is 30.7 Å². The maximum absolute atomic E-state index is 13.5. The lowest BCUT2D eigenvalue weighted by Gasteiger charge is -2.49. The molecule has 0 aliphatic carbocycles. The molecule has 2 aromatic rings. The van der Waals surface area contributed by atoms with Crippen LogP contribution in [0.4, 0.5) is 18.9 Å². The molecule has 2 aromatic carbocycles. The van der Waals surface area contributed by atoms with Gasteiger partial charge < -0.3 is 15.0 Å². The fraction of sp³-hybridized carbons (Fsp3) is 0.536. The highest BCUT2D eigenvalue weighted by Crippen LogP contribution is 2.39. The zero-order valence-corrected chi connectivity index (χ0v) is 21.1. The Morgan fingerprint density at radius 3 is 2.51 bits per heavy atom. The van der Waals surface area contributed by atoms with Gasteiger partial charge in [0.2, 0.25) is 5.91 Å². The Balaban J connectivity index is 1.30. The fourth-order valence-electron chi connectivity index (χ4n) is 5.79. The minimum Gasteiger partial charge on any atom is -0.379 e. The molecule has 0 aromatic heterocycles. The van der Waals surface area contributed by atoms with Crippen molar-refractivity contribution in [2.24, 2.45) is 5.92 Å². The van der Waals surface area contributed by atoms with Crippen LogP contribution in [0.1, 0.15) is 16.7 Å². The second-order valence-electron chi connectivity index (χ2n) is 10.2. The van der Waals surface area contributed by atoms with Gasteiger partial charge in [-0.1, -0.05) is 30.3 Å². The minimum absolute atomic E-state index is 0.0721. The lowest BCUT2D eigenvalue weighted by atomic mass is 9.82. The van der Waals surface area contributed by atoms with E-state index in [1.807, 2.05) is 18.2 Å². The number of piperazine rings is 1. The average Bonchev–Trinajstić information content (AvgIpc) is 2.91. The summed E-state index contributed by atoms with van der Waals surface area (Å²) in [5.41, 5.74) is 2.06. The number of morpholine rings is 1. The van der Waals surface area contributed by atoms with Crippen molar-refractivity contribution in [3.8, 4) is 0 Å². The molecule has 0 bridgehead atoms. The molecular weight excluding hydrogens is 481 g/mol. The number of rotatable bonds is 7. The average molecular weight is 517 g/mol. The van der Waals surface area contributed by atoms with E-state index in [0.29, 0.717) is 38.3 Å². The van der Waals surface area contributed by atoms with Crippen molar-refractivity contribution < 1.29 is 22.7 Å². The molecule has 9 heteroatoms. The van der Waals surface area contributed by atoms with Crippen LogP contribution < -0.4 is 10.2 Å². The Bertz CT molecular complexity index is 1060. The number of alkyl halides is 3. The van der Waals surface area contributed by atoms with Crippen LogP contribution in [-0.4, -0.2) is 87.3 Å². The van der Waals surface area contributed by atoms with Crippen molar-refractivity contribution >= 4 is 11.6 Å². The van der Waals surface area contributed by atoms with Crippen LogP contribution in [0.2, 0.25) is 0 Å². The van der Waals surface area contributed by atoms with E-state index in [1.165, 1.54) is 17.7 Å². The summed E-state index contributed by atoms with van der Waals surface area (Å²) in [5.74, 6) is -0.476. The van der Waals surface area contributed by atoms with Crippen molar-refractivity contribution in [1.29, 1.82) is 0 Å². The van der Waals surface area contributed by atoms with Gasteiger partial charge >= 0.3 is 6.18 Å². The molecule has 3 heterocycles. The van der Waals surface area contributed by atoms with Crippen LogP contribution in [0.5, 0.6) is 0 Å². The number of anilines is 1. The van der Waals surface area contributed by atoms with E-state index in [4.69, 9.17) is 4.74 Å². The Kier molecular flexibility index (Phi) is 8.02. The number of hydrogen-bond acceptors (Lipinski definition) is 5. The lowest BCUT2D eigenvalue weighted by molar-refractivity contribution is -0.137. The summed E-state index contributed by atoms with van der Waals surface area (Å²) in [7, 11) is 0. The standard InChI is InChI=1S/C28H35F3N4O2/c29-28(30,31)23-6-7-25-22(18-23)19-24(27(36)32-9-11-33-14-16-37-17-15-33)26-20-34(12-13-35(25)26)10-8-21-4-2-1-3-5-21/h1-7,18,24,26H,8-17,19-20H2,(H,32,36)/t24-,26-/m0/s1. The first kappa shape index (κ1) is 26.0. The molecule has 37 heavy (non-hydrogen) atoms. The van der Waals surface area contributed by atoms with Crippen LogP contribution in [0.15, 0.2) is 48.5 Å². The van der Waals surface area contributed by atoms with Gasteiger partial charge in [-0.25, -0.2) is 0 Å². The molecule has 2 fully saturated rings. The van der Waals surface area contributed by atoms with Crippen molar-refractivity contribution in [3.63, 3.8) is 0 Å². The second kappa shape index (κ2) is 11.4. The third-order valence-corrected chi connectivity index (χ3v) is 7.85. The number of nitrogens with one attached hydrogen (secondary N) is 1. The summed E-state index contributed by atoms with van der Waals surface area (Å²) in [5, 5.41) is 3.09. The highest BCUT2D eigenvalue weighted by atomic mass is 19.4.